The molecule has 12 heteroatoms. The Labute approximate surface area is 217 Å². The number of carboxylic acids is 2. The third-order valence-electron chi connectivity index (χ3n) is 5.58. The fraction of sp³-hybridized carbons (Fsp3) is 0.192. The number of urea groups is 1. The summed E-state index contributed by atoms with van der Waals surface area (Å²) < 4.78 is 0. The lowest BCUT2D eigenvalue weighted by Gasteiger charge is -2.13. The van der Waals surface area contributed by atoms with Gasteiger partial charge >= 0.3 is 18.0 Å². The van der Waals surface area contributed by atoms with Crippen molar-refractivity contribution in [2.75, 3.05) is 6.54 Å². The highest BCUT2D eigenvalue weighted by Gasteiger charge is 2.37. The van der Waals surface area contributed by atoms with Crippen molar-refractivity contribution in [1.29, 1.82) is 5.26 Å². The number of nitrogens with two attached hydrogens (primary N) is 1. The quantitative estimate of drug-likeness (QED) is 0.213. The summed E-state index contributed by atoms with van der Waals surface area (Å²) in [6.07, 6.45) is 4.28. The summed E-state index contributed by atoms with van der Waals surface area (Å²) in [6, 6.07) is 13.9. The van der Waals surface area contributed by atoms with Crippen molar-refractivity contribution < 1.29 is 34.9 Å². The monoisotopic (exact) mass is 521 g/mol. The van der Waals surface area contributed by atoms with Crippen LogP contribution in [0.15, 0.2) is 60.8 Å². The first-order chi connectivity index (χ1) is 17.7. The molecule has 38 heavy (non-hydrogen) atoms. The third-order valence-corrected chi connectivity index (χ3v) is 5.58. The number of carboxylic acid groups (broad SMARTS) is 2. The lowest BCUT2D eigenvalue weighted by atomic mass is 10.0. The molecule has 0 spiro atoms. The number of hydrogen-bond acceptors (Lipinski definition) is 6. The molecule has 1 saturated heterocycles. The van der Waals surface area contributed by atoms with E-state index in [1.807, 2.05) is 18.3 Å². The van der Waals surface area contributed by atoms with Gasteiger partial charge in [0.1, 0.15) is 6.04 Å². The van der Waals surface area contributed by atoms with Gasteiger partial charge in [0, 0.05) is 35.7 Å². The van der Waals surface area contributed by atoms with Gasteiger partial charge in [0.2, 0.25) is 0 Å². The SMILES string of the molecule is N#Cc1ccc(CN2C(=O)NC(Cc3ccc4[nH]cc(CCN)c4c3)C2=O)cc1.O.O=C(O)/C=C\C(=O)O. The predicted molar refractivity (Wildman–Crippen MR) is 137 cm³/mol. The Morgan fingerprint density at radius 1 is 1.05 bits per heavy atom. The van der Waals surface area contributed by atoms with E-state index >= 15 is 0 Å². The fourth-order valence-corrected chi connectivity index (χ4v) is 3.83. The number of fused-ring (bicyclic) bond motifs is 1. The van der Waals surface area contributed by atoms with Crippen LogP contribution in [-0.4, -0.2) is 62.0 Å². The van der Waals surface area contributed by atoms with Gasteiger partial charge in [-0.3, -0.25) is 9.69 Å². The Morgan fingerprint density at radius 3 is 2.26 bits per heavy atom. The molecule has 1 aliphatic heterocycles. The van der Waals surface area contributed by atoms with E-state index in [9.17, 15) is 19.2 Å². The van der Waals surface area contributed by atoms with E-state index in [0.717, 1.165) is 34.0 Å². The first-order valence-corrected chi connectivity index (χ1v) is 11.3. The first-order valence-electron chi connectivity index (χ1n) is 11.3. The molecular formula is C26H27N5O7. The Kier molecular flexibility index (Phi) is 10.3. The summed E-state index contributed by atoms with van der Waals surface area (Å²) in [6.45, 7) is 0.753. The van der Waals surface area contributed by atoms with Crippen LogP contribution in [-0.2, 0) is 33.8 Å². The highest BCUT2D eigenvalue weighted by Crippen LogP contribution is 2.22. The summed E-state index contributed by atoms with van der Waals surface area (Å²) >= 11 is 0. The first kappa shape index (κ1) is 29.2. The van der Waals surface area contributed by atoms with Crippen LogP contribution >= 0.6 is 0 Å². The number of aliphatic carboxylic acids is 2. The van der Waals surface area contributed by atoms with Crippen LogP contribution in [0, 0.1) is 11.3 Å². The Balaban J connectivity index is 0.000000493. The molecule has 1 aliphatic rings. The minimum atomic E-state index is -1.26. The van der Waals surface area contributed by atoms with Gasteiger partial charge in [-0.2, -0.15) is 5.26 Å². The van der Waals surface area contributed by atoms with E-state index in [4.69, 9.17) is 21.2 Å². The van der Waals surface area contributed by atoms with E-state index in [2.05, 4.69) is 22.4 Å². The zero-order valence-electron chi connectivity index (χ0n) is 20.2. The number of nitrogens with zero attached hydrogens (tertiary/aromatic N) is 2. The molecule has 1 aromatic heterocycles. The number of nitriles is 1. The average molecular weight is 522 g/mol. The summed E-state index contributed by atoms with van der Waals surface area (Å²) in [5.74, 6) is -2.75. The summed E-state index contributed by atoms with van der Waals surface area (Å²) in [5, 5.41) is 28.4. The van der Waals surface area contributed by atoms with Crippen molar-refractivity contribution in [3.8, 4) is 6.07 Å². The fourth-order valence-electron chi connectivity index (χ4n) is 3.83. The summed E-state index contributed by atoms with van der Waals surface area (Å²) in [7, 11) is 0. The number of imide groups is 1. The largest absolute Gasteiger partial charge is 0.478 e. The molecule has 1 fully saturated rings. The van der Waals surface area contributed by atoms with E-state index in [0.29, 0.717) is 30.7 Å². The highest BCUT2D eigenvalue weighted by atomic mass is 16.4. The lowest BCUT2D eigenvalue weighted by Crippen LogP contribution is -2.32. The second-order valence-corrected chi connectivity index (χ2v) is 8.18. The second-order valence-electron chi connectivity index (χ2n) is 8.18. The molecule has 0 radical (unpaired) electrons. The van der Waals surface area contributed by atoms with E-state index in [1.165, 1.54) is 4.90 Å². The molecule has 0 aliphatic carbocycles. The molecule has 2 aromatic carbocycles. The van der Waals surface area contributed by atoms with Crippen LogP contribution in [0.5, 0.6) is 0 Å². The maximum atomic E-state index is 12.8. The van der Waals surface area contributed by atoms with Crippen LogP contribution in [0.25, 0.3) is 10.9 Å². The molecular weight excluding hydrogens is 494 g/mol. The van der Waals surface area contributed by atoms with Gasteiger partial charge in [-0.1, -0.05) is 18.2 Å². The van der Waals surface area contributed by atoms with Crippen molar-refractivity contribution in [2.45, 2.75) is 25.4 Å². The molecule has 3 aromatic rings. The van der Waals surface area contributed by atoms with Crippen molar-refractivity contribution >= 4 is 34.8 Å². The van der Waals surface area contributed by atoms with Crippen molar-refractivity contribution in [2.24, 2.45) is 5.73 Å². The van der Waals surface area contributed by atoms with Crippen LogP contribution in [0.3, 0.4) is 0 Å². The number of carbonyl (C=O) groups is 4. The zero-order chi connectivity index (χ0) is 26.9. The van der Waals surface area contributed by atoms with Crippen LogP contribution in [0.4, 0.5) is 4.79 Å². The molecule has 1 atom stereocenters. The van der Waals surface area contributed by atoms with Gasteiger partial charge < -0.3 is 31.7 Å². The molecule has 4 rings (SSSR count). The van der Waals surface area contributed by atoms with Gasteiger partial charge in [0.25, 0.3) is 5.91 Å². The van der Waals surface area contributed by atoms with Crippen molar-refractivity contribution in [3.05, 3.63) is 83.1 Å². The van der Waals surface area contributed by atoms with Gasteiger partial charge in [0.05, 0.1) is 18.2 Å². The summed E-state index contributed by atoms with van der Waals surface area (Å²) in [5.41, 5.74) is 10.2. The lowest BCUT2D eigenvalue weighted by molar-refractivity contribution is -0.134. The third kappa shape index (κ3) is 7.50. The predicted octanol–water partition coefficient (Wildman–Crippen LogP) is 1.09. The van der Waals surface area contributed by atoms with Crippen LogP contribution < -0.4 is 11.1 Å². The Hall–Kier alpha value is -4.99. The molecule has 3 amide bonds. The Morgan fingerprint density at radius 2 is 1.68 bits per heavy atom. The second kappa shape index (κ2) is 13.4. The number of rotatable bonds is 8. The molecule has 198 valence electrons. The van der Waals surface area contributed by atoms with Gasteiger partial charge in [-0.15, -0.1) is 0 Å². The van der Waals surface area contributed by atoms with Gasteiger partial charge in [-0.25, -0.2) is 14.4 Å². The van der Waals surface area contributed by atoms with Crippen LogP contribution in [0.1, 0.15) is 22.3 Å². The number of aromatic amines is 1. The molecule has 12 nitrogen and oxygen atoms in total. The number of H-pyrrole nitrogens is 1. The number of carbonyl (C=O) groups excluding carboxylic acids is 2. The smallest absolute Gasteiger partial charge is 0.328 e. The van der Waals surface area contributed by atoms with Crippen molar-refractivity contribution in [1.82, 2.24) is 15.2 Å². The Bertz CT molecular complexity index is 1370. The van der Waals surface area contributed by atoms with Crippen LogP contribution in [0.2, 0.25) is 0 Å². The average Bonchev–Trinajstić information content (AvgIpc) is 3.39. The number of hydrogen-bond donors (Lipinski definition) is 5. The molecule has 8 N–H and O–H groups in total. The van der Waals surface area contributed by atoms with Gasteiger partial charge in [0.15, 0.2) is 0 Å². The minimum Gasteiger partial charge on any atom is -0.478 e. The summed E-state index contributed by atoms with van der Waals surface area (Å²) in [4.78, 5) is 48.7. The highest BCUT2D eigenvalue weighted by molar-refractivity contribution is 6.04. The number of amides is 3. The van der Waals surface area contributed by atoms with Crippen molar-refractivity contribution in [3.63, 3.8) is 0 Å². The molecule has 2 heterocycles. The number of nitrogens with one attached hydrogen (secondary N) is 2. The maximum absolute atomic E-state index is 12.8. The normalized spacial score (nSPS) is 14.4. The van der Waals surface area contributed by atoms with E-state index in [-0.39, 0.29) is 17.9 Å². The number of benzene rings is 2. The molecule has 1 unspecified atom stereocenters. The van der Waals surface area contributed by atoms with E-state index < -0.39 is 24.0 Å². The molecule has 0 bridgehead atoms. The minimum absolute atomic E-state index is 0. The number of aromatic nitrogens is 1. The maximum Gasteiger partial charge on any atom is 0.328 e. The standard InChI is InChI=1S/C22H21N5O2.C4H4O4.H2O/c23-8-7-17-12-25-19-6-5-16(9-18(17)19)10-20-21(28)27(22(29)26-20)13-15-3-1-14(11-24)2-4-15;5-3(6)1-2-4(7)8;/h1-6,9,12,20,25H,7-8,10,13,23H2,(H,26,29);1-2H,(H,5,6)(H,7,8);1H2/b;2-1-;. The van der Waals surface area contributed by atoms with Gasteiger partial charge in [-0.05, 0) is 53.9 Å². The molecule has 0 saturated carbocycles. The zero-order valence-corrected chi connectivity index (χ0v) is 20.2. The topological polar surface area (TPSA) is 221 Å². The van der Waals surface area contributed by atoms with E-state index in [1.54, 1.807) is 24.3 Å².